The quantitative estimate of drug-likeness (QED) is 0.760. The summed E-state index contributed by atoms with van der Waals surface area (Å²) in [5, 5.41) is 19.9. The average molecular weight is 342 g/mol. The van der Waals surface area contributed by atoms with E-state index in [0.29, 0.717) is 16.1 Å². The molecule has 6 nitrogen and oxygen atoms in total. The molecule has 7 heteroatoms. The summed E-state index contributed by atoms with van der Waals surface area (Å²) in [5.41, 5.74) is -0.230. The molecule has 2 aromatic heterocycles. The Labute approximate surface area is 141 Å². The monoisotopic (exact) mass is 341 g/mol. The topological polar surface area (TPSA) is 98.9 Å². The number of nitriles is 1. The maximum atomic E-state index is 12.5. The lowest BCUT2D eigenvalue weighted by Gasteiger charge is -2.14. The van der Waals surface area contributed by atoms with Gasteiger partial charge in [-0.15, -0.1) is 0 Å². The van der Waals surface area contributed by atoms with Gasteiger partial charge < -0.3 is 14.7 Å². The number of aliphatic hydroxyl groups is 1. The maximum Gasteiger partial charge on any atom is 0.266 e. The lowest BCUT2D eigenvalue weighted by atomic mass is 10.1. The second kappa shape index (κ2) is 6.32. The third kappa shape index (κ3) is 2.83. The van der Waals surface area contributed by atoms with Crippen molar-refractivity contribution in [3.8, 4) is 6.07 Å². The zero-order chi connectivity index (χ0) is 17.3. The molecule has 3 rings (SSSR count). The minimum Gasteiger partial charge on any atom is -0.386 e. The van der Waals surface area contributed by atoms with E-state index in [2.05, 4.69) is 4.98 Å². The smallest absolute Gasteiger partial charge is 0.266 e. The minimum absolute atomic E-state index is 0.000476. The Balaban J connectivity index is 2.05. The van der Waals surface area contributed by atoms with E-state index >= 15 is 0 Å². The summed E-state index contributed by atoms with van der Waals surface area (Å²) in [7, 11) is 0. The molecule has 0 aliphatic heterocycles. The van der Waals surface area contributed by atoms with E-state index in [1.807, 2.05) is 0 Å². The molecule has 0 spiro atoms. The Hall–Kier alpha value is -2.88. The predicted octanol–water partition coefficient (Wildman–Crippen LogP) is 1.95. The molecule has 24 heavy (non-hydrogen) atoms. The first kappa shape index (κ1) is 16.0. The van der Waals surface area contributed by atoms with E-state index in [0.717, 1.165) is 0 Å². The molecular formula is C17H12ClN3O3. The van der Waals surface area contributed by atoms with Crippen molar-refractivity contribution in [1.82, 2.24) is 9.55 Å². The molecule has 1 unspecified atom stereocenters. The van der Waals surface area contributed by atoms with Crippen LogP contribution in [0, 0.1) is 11.3 Å². The molecule has 0 amide bonds. The van der Waals surface area contributed by atoms with Crippen LogP contribution in [0.4, 0.5) is 0 Å². The molecule has 120 valence electrons. The Morgan fingerprint density at radius 2 is 2.04 bits per heavy atom. The highest BCUT2D eigenvalue weighted by Gasteiger charge is 2.14. The van der Waals surface area contributed by atoms with Crippen molar-refractivity contribution >= 4 is 22.5 Å². The Morgan fingerprint density at radius 1 is 1.29 bits per heavy atom. The molecule has 0 saturated heterocycles. The van der Waals surface area contributed by atoms with E-state index < -0.39 is 17.2 Å². The van der Waals surface area contributed by atoms with E-state index in [1.54, 1.807) is 36.4 Å². The van der Waals surface area contributed by atoms with Gasteiger partial charge in [0.15, 0.2) is 0 Å². The maximum absolute atomic E-state index is 12.5. The first-order valence-corrected chi connectivity index (χ1v) is 7.48. The molecule has 0 aliphatic carbocycles. The summed E-state index contributed by atoms with van der Waals surface area (Å²) in [6.07, 6.45) is 0.513. The highest BCUT2D eigenvalue weighted by molar-refractivity contribution is 6.31. The van der Waals surface area contributed by atoms with E-state index in [-0.39, 0.29) is 17.5 Å². The van der Waals surface area contributed by atoms with Crippen molar-refractivity contribution < 1.29 is 5.11 Å². The van der Waals surface area contributed by atoms with Crippen LogP contribution in [0.3, 0.4) is 0 Å². The van der Waals surface area contributed by atoms with Crippen LogP contribution in [0.2, 0.25) is 5.02 Å². The van der Waals surface area contributed by atoms with E-state index in [1.165, 1.54) is 16.8 Å². The van der Waals surface area contributed by atoms with Crippen LogP contribution in [0.1, 0.15) is 17.2 Å². The number of fused-ring (bicyclic) bond motifs is 1. The average Bonchev–Trinajstić information content (AvgIpc) is 2.57. The van der Waals surface area contributed by atoms with Crippen LogP contribution < -0.4 is 11.1 Å². The van der Waals surface area contributed by atoms with Gasteiger partial charge in [-0.2, -0.15) is 5.26 Å². The van der Waals surface area contributed by atoms with Crippen molar-refractivity contribution in [1.29, 1.82) is 5.26 Å². The molecule has 1 atom stereocenters. The highest BCUT2D eigenvalue weighted by atomic mass is 35.5. The number of aromatic amines is 1. The van der Waals surface area contributed by atoms with Crippen LogP contribution in [0.5, 0.6) is 0 Å². The Kier molecular flexibility index (Phi) is 4.21. The van der Waals surface area contributed by atoms with Crippen LogP contribution in [0.25, 0.3) is 10.9 Å². The van der Waals surface area contributed by atoms with Gasteiger partial charge in [0.1, 0.15) is 11.6 Å². The summed E-state index contributed by atoms with van der Waals surface area (Å²) in [4.78, 5) is 26.7. The summed E-state index contributed by atoms with van der Waals surface area (Å²) in [5.74, 6) is 0. The number of benzene rings is 1. The van der Waals surface area contributed by atoms with Gasteiger partial charge in [0, 0.05) is 16.8 Å². The number of H-pyrrole nitrogens is 1. The van der Waals surface area contributed by atoms with Crippen molar-refractivity contribution in [3.63, 3.8) is 0 Å². The first-order valence-electron chi connectivity index (χ1n) is 7.10. The molecular weight excluding hydrogens is 330 g/mol. The van der Waals surface area contributed by atoms with Crippen molar-refractivity contribution in [2.45, 2.75) is 12.6 Å². The highest BCUT2D eigenvalue weighted by Crippen LogP contribution is 2.23. The lowest BCUT2D eigenvalue weighted by molar-refractivity contribution is 0.155. The molecule has 0 radical (unpaired) electrons. The number of rotatable bonds is 3. The van der Waals surface area contributed by atoms with Gasteiger partial charge in [0.05, 0.1) is 23.6 Å². The van der Waals surface area contributed by atoms with E-state index in [9.17, 15) is 14.7 Å². The summed E-state index contributed by atoms with van der Waals surface area (Å²) in [6.45, 7) is -0.000476. The zero-order valence-corrected chi connectivity index (χ0v) is 13.1. The molecule has 2 heterocycles. The van der Waals surface area contributed by atoms with Gasteiger partial charge >= 0.3 is 0 Å². The molecule has 0 saturated carbocycles. The molecule has 0 aliphatic rings. The standard InChI is InChI=1S/C17H12ClN3O3/c18-13-4-2-1-3-11(13)15(22)9-21-6-5-14-12(17(21)24)7-10(8-19)16(23)20-14/h1-7,15,22H,9H2,(H,20,23). The fraction of sp³-hybridized carbons (Fsp3) is 0.118. The summed E-state index contributed by atoms with van der Waals surface area (Å²) >= 11 is 6.05. The van der Waals surface area contributed by atoms with Gasteiger partial charge in [-0.3, -0.25) is 9.59 Å². The fourth-order valence-electron chi connectivity index (χ4n) is 2.50. The molecule has 3 aromatic rings. The van der Waals surface area contributed by atoms with E-state index in [4.69, 9.17) is 16.9 Å². The Morgan fingerprint density at radius 3 is 2.75 bits per heavy atom. The minimum atomic E-state index is -0.966. The van der Waals surface area contributed by atoms with Gasteiger partial charge in [-0.25, -0.2) is 0 Å². The third-order valence-corrected chi connectivity index (χ3v) is 4.08. The van der Waals surface area contributed by atoms with Gasteiger partial charge in [0.2, 0.25) is 0 Å². The van der Waals surface area contributed by atoms with Crippen LogP contribution >= 0.6 is 11.6 Å². The number of nitrogens with one attached hydrogen (secondary N) is 1. The molecule has 0 fully saturated rings. The summed E-state index contributed by atoms with van der Waals surface area (Å²) in [6, 6.07) is 11.4. The van der Waals surface area contributed by atoms with Gasteiger partial charge in [-0.1, -0.05) is 29.8 Å². The number of hydrogen-bond donors (Lipinski definition) is 2. The van der Waals surface area contributed by atoms with Gasteiger partial charge in [-0.05, 0) is 18.2 Å². The SMILES string of the molecule is N#Cc1cc2c(=O)n(CC(O)c3ccccc3Cl)ccc2[nH]c1=O. The largest absolute Gasteiger partial charge is 0.386 e. The number of pyridine rings is 2. The van der Waals surface area contributed by atoms with Crippen LogP contribution in [-0.4, -0.2) is 14.7 Å². The van der Waals surface area contributed by atoms with Crippen molar-refractivity contribution in [3.05, 3.63) is 79.5 Å². The number of nitrogens with zero attached hydrogens (tertiary/aromatic N) is 2. The zero-order valence-electron chi connectivity index (χ0n) is 12.4. The van der Waals surface area contributed by atoms with Gasteiger partial charge in [0.25, 0.3) is 11.1 Å². The number of halogens is 1. The van der Waals surface area contributed by atoms with Crippen molar-refractivity contribution in [2.75, 3.05) is 0 Å². The second-order valence-corrected chi connectivity index (χ2v) is 5.67. The summed E-state index contributed by atoms with van der Waals surface area (Å²) < 4.78 is 1.32. The molecule has 2 N–H and O–H groups in total. The van der Waals surface area contributed by atoms with Crippen LogP contribution in [0.15, 0.2) is 52.2 Å². The second-order valence-electron chi connectivity index (χ2n) is 5.26. The Bertz CT molecular complexity index is 1080. The normalized spacial score (nSPS) is 12.0. The first-order chi connectivity index (χ1) is 11.5. The fourth-order valence-corrected chi connectivity index (χ4v) is 2.76. The number of aliphatic hydroxyl groups excluding tert-OH is 1. The predicted molar refractivity (Wildman–Crippen MR) is 90.0 cm³/mol. The number of aromatic nitrogens is 2. The number of hydrogen-bond acceptors (Lipinski definition) is 4. The third-order valence-electron chi connectivity index (χ3n) is 3.74. The van der Waals surface area contributed by atoms with Crippen LogP contribution in [-0.2, 0) is 6.54 Å². The lowest BCUT2D eigenvalue weighted by Crippen LogP contribution is -2.24. The molecule has 0 bridgehead atoms. The molecule has 1 aromatic carbocycles. The van der Waals surface area contributed by atoms with Crippen molar-refractivity contribution in [2.24, 2.45) is 0 Å².